The van der Waals surface area contributed by atoms with Gasteiger partial charge in [0.25, 0.3) is 5.79 Å². The second-order valence-electron chi connectivity index (χ2n) is 5.77. The number of benzene rings is 2. The van der Waals surface area contributed by atoms with E-state index in [1.54, 1.807) is 18.2 Å². The van der Waals surface area contributed by atoms with Gasteiger partial charge in [-0.3, -0.25) is 4.79 Å². The third-order valence-electron chi connectivity index (χ3n) is 4.13. The number of para-hydroxylation sites is 1. The van der Waals surface area contributed by atoms with Crippen LogP contribution in [0.2, 0.25) is 0 Å². The van der Waals surface area contributed by atoms with E-state index in [1.807, 2.05) is 48.5 Å². The minimum atomic E-state index is -1.21. The Hall–Kier alpha value is -2.92. The summed E-state index contributed by atoms with van der Waals surface area (Å²) in [5.74, 6) is -1.74. The van der Waals surface area contributed by atoms with Crippen LogP contribution in [0.4, 0.5) is 5.69 Å². The lowest BCUT2D eigenvalue weighted by molar-refractivity contribution is -0.184. The Balaban J connectivity index is 1.71. The fraction of sp³-hybridized carbons (Fsp3) is 0.158. The quantitative estimate of drug-likeness (QED) is 0.643. The van der Waals surface area contributed by atoms with Gasteiger partial charge in [0, 0.05) is 18.1 Å². The number of ether oxygens (including phenoxy) is 1. The lowest BCUT2D eigenvalue weighted by Gasteiger charge is -2.24. The van der Waals surface area contributed by atoms with E-state index in [9.17, 15) is 9.59 Å². The molecular formula is C19H15NO4. The fourth-order valence-electron chi connectivity index (χ4n) is 3.01. The molecule has 5 nitrogen and oxygen atoms in total. The van der Waals surface area contributed by atoms with Crippen molar-refractivity contribution in [3.8, 4) is 0 Å². The van der Waals surface area contributed by atoms with Gasteiger partial charge in [-0.1, -0.05) is 48.5 Å². The summed E-state index contributed by atoms with van der Waals surface area (Å²) in [6.07, 6.45) is 3.15. The molecule has 2 aromatic rings. The molecular weight excluding hydrogens is 306 g/mol. The van der Waals surface area contributed by atoms with Crippen molar-refractivity contribution in [2.75, 3.05) is 5.06 Å². The molecule has 0 radical (unpaired) electrons. The molecule has 120 valence electrons. The van der Waals surface area contributed by atoms with Gasteiger partial charge in [0.15, 0.2) is 5.78 Å². The maximum atomic E-state index is 13.0. The topological polar surface area (TPSA) is 55.8 Å². The van der Waals surface area contributed by atoms with E-state index in [-0.39, 0.29) is 12.2 Å². The standard InChI is InChI=1S/C19H15NO4/c21-17-11-12-19(23-17)13-16(18(22)14-7-3-1-4-8-14)20(24-19)15-9-5-2-6-10-15/h1-12,16H,13H2/t16-,19+/m1/s1. The highest BCUT2D eigenvalue weighted by Crippen LogP contribution is 2.40. The van der Waals surface area contributed by atoms with Gasteiger partial charge in [-0.2, -0.15) is 0 Å². The van der Waals surface area contributed by atoms with Crippen LogP contribution < -0.4 is 5.06 Å². The minimum absolute atomic E-state index is 0.0762. The van der Waals surface area contributed by atoms with Gasteiger partial charge in [-0.15, -0.1) is 0 Å². The Morgan fingerprint density at radius 1 is 1.04 bits per heavy atom. The first kappa shape index (κ1) is 14.7. The third kappa shape index (κ3) is 2.49. The monoisotopic (exact) mass is 321 g/mol. The minimum Gasteiger partial charge on any atom is -0.424 e. The van der Waals surface area contributed by atoms with Gasteiger partial charge >= 0.3 is 5.97 Å². The zero-order chi connectivity index (χ0) is 16.6. The van der Waals surface area contributed by atoms with Crippen LogP contribution in [0.25, 0.3) is 0 Å². The Bertz CT molecular complexity index is 803. The van der Waals surface area contributed by atoms with Crippen LogP contribution in [0.3, 0.4) is 0 Å². The van der Waals surface area contributed by atoms with Gasteiger partial charge in [-0.05, 0) is 18.2 Å². The Morgan fingerprint density at radius 3 is 2.33 bits per heavy atom. The maximum absolute atomic E-state index is 13.0. The molecule has 0 aromatic heterocycles. The summed E-state index contributed by atoms with van der Waals surface area (Å²) in [4.78, 5) is 30.4. The SMILES string of the molecule is O=C1C=C[C@]2(C[C@H](C(=O)c3ccccc3)N(c3ccccc3)O2)O1. The van der Waals surface area contributed by atoms with Crippen molar-refractivity contribution < 1.29 is 19.2 Å². The van der Waals surface area contributed by atoms with E-state index in [0.717, 1.165) is 5.69 Å². The number of ketones is 1. The number of carbonyl (C=O) groups is 2. The van der Waals surface area contributed by atoms with E-state index in [4.69, 9.17) is 9.57 Å². The maximum Gasteiger partial charge on any atom is 0.333 e. The van der Waals surface area contributed by atoms with Gasteiger partial charge in [0.1, 0.15) is 6.04 Å². The molecule has 1 fully saturated rings. The highest BCUT2D eigenvalue weighted by Gasteiger charge is 2.52. The van der Waals surface area contributed by atoms with Crippen LogP contribution in [0, 0.1) is 0 Å². The van der Waals surface area contributed by atoms with Gasteiger partial charge in [-0.25, -0.2) is 14.7 Å². The number of rotatable bonds is 3. The average Bonchev–Trinajstić information content (AvgIpc) is 3.19. The van der Waals surface area contributed by atoms with Crippen molar-refractivity contribution in [3.63, 3.8) is 0 Å². The molecule has 0 unspecified atom stereocenters. The zero-order valence-corrected chi connectivity index (χ0v) is 12.8. The molecule has 2 aromatic carbocycles. The molecule has 0 saturated carbocycles. The van der Waals surface area contributed by atoms with E-state index in [2.05, 4.69) is 0 Å². The molecule has 2 atom stereocenters. The van der Waals surface area contributed by atoms with Crippen molar-refractivity contribution in [1.82, 2.24) is 0 Å². The predicted molar refractivity (Wildman–Crippen MR) is 87.1 cm³/mol. The average molecular weight is 321 g/mol. The third-order valence-corrected chi connectivity index (χ3v) is 4.13. The number of esters is 1. The van der Waals surface area contributed by atoms with E-state index in [0.29, 0.717) is 5.56 Å². The fourth-order valence-corrected chi connectivity index (χ4v) is 3.01. The van der Waals surface area contributed by atoms with Gasteiger partial charge in [0.05, 0.1) is 5.69 Å². The first-order valence-electron chi connectivity index (χ1n) is 7.72. The predicted octanol–water partition coefficient (Wildman–Crippen LogP) is 2.89. The Labute approximate surface area is 139 Å². The number of nitrogens with zero attached hydrogens (tertiary/aromatic N) is 1. The van der Waals surface area contributed by atoms with Crippen molar-refractivity contribution in [1.29, 1.82) is 0 Å². The highest BCUT2D eigenvalue weighted by atomic mass is 16.8. The number of hydroxylamine groups is 1. The van der Waals surface area contributed by atoms with Crippen LogP contribution in [0.5, 0.6) is 0 Å². The highest BCUT2D eigenvalue weighted by molar-refractivity contribution is 6.02. The molecule has 2 aliphatic rings. The molecule has 1 saturated heterocycles. The Morgan fingerprint density at radius 2 is 1.71 bits per heavy atom. The number of hydrogen-bond donors (Lipinski definition) is 0. The van der Waals surface area contributed by atoms with Crippen molar-refractivity contribution in [2.45, 2.75) is 18.2 Å². The van der Waals surface area contributed by atoms with Crippen LogP contribution in [0.1, 0.15) is 16.8 Å². The van der Waals surface area contributed by atoms with E-state index in [1.165, 1.54) is 11.1 Å². The van der Waals surface area contributed by atoms with Crippen LogP contribution in [-0.2, 0) is 14.4 Å². The summed E-state index contributed by atoms with van der Waals surface area (Å²) < 4.78 is 5.31. The number of carbonyl (C=O) groups excluding carboxylic acids is 2. The molecule has 24 heavy (non-hydrogen) atoms. The smallest absolute Gasteiger partial charge is 0.333 e. The zero-order valence-electron chi connectivity index (χ0n) is 12.8. The summed E-state index contributed by atoms with van der Waals surface area (Å²) in [6.45, 7) is 0. The first-order valence-corrected chi connectivity index (χ1v) is 7.72. The molecule has 1 spiro atoms. The van der Waals surface area contributed by atoms with Crippen LogP contribution >= 0.6 is 0 Å². The summed E-state index contributed by atoms with van der Waals surface area (Å²) in [5, 5.41) is 1.54. The molecule has 0 bridgehead atoms. The van der Waals surface area contributed by atoms with Crippen molar-refractivity contribution in [2.24, 2.45) is 0 Å². The molecule has 5 heteroatoms. The van der Waals surface area contributed by atoms with Crippen molar-refractivity contribution in [3.05, 3.63) is 78.4 Å². The summed E-state index contributed by atoms with van der Waals surface area (Å²) in [6, 6.07) is 17.8. The van der Waals surface area contributed by atoms with Crippen LogP contribution in [-0.4, -0.2) is 23.6 Å². The number of anilines is 1. The lowest BCUT2D eigenvalue weighted by Crippen LogP contribution is -2.35. The lowest BCUT2D eigenvalue weighted by atomic mass is 9.98. The molecule has 2 heterocycles. The molecule has 0 amide bonds. The molecule has 2 aliphatic heterocycles. The van der Waals surface area contributed by atoms with Gasteiger partial charge in [0.2, 0.25) is 0 Å². The first-order chi connectivity index (χ1) is 11.7. The normalized spacial score (nSPS) is 25.2. The van der Waals surface area contributed by atoms with Gasteiger partial charge < -0.3 is 4.74 Å². The summed E-state index contributed by atoms with van der Waals surface area (Å²) in [5.41, 5.74) is 1.33. The second-order valence-corrected chi connectivity index (χ2v) is 5.77. The second kappa shape index (κ2) is 5.62. The van der Waals surface area contributed by atoms with Crippen LogP contribution in [0.15, 0.2) is 72.8 Å². The summed E-state index contributed by atoms with van der Waals surface area (Å²) in [7, 11) is 0. The number of hydrogen-bond acceptors (Lipinski definition) is 5. The largest absolute Gasteiger partial charge is 0.424 e. The summed E-state index contributed by atoms with van der Waals surface area (Å²) >= 11 is 0. The molecule has 0 N–H and O–H groups in total. The van der Waals surface area contributed by atoms with E-state index < -0.39 is 17.8 Å². The molecule has 0 aliphatic carbocycles. The number of Topliss-reactive ketones (excluding diaryl/α,β-unsaturated/α-hetero) is 1. The van der Waals surface area contributed by atoms with E-state index >= 15 is 0 Å². The Kier molecular flexibility index (Phi) is 3.43. The molecule has 4 rings (SSSR count). The van der Waals surface area contributed by atoms with Crippen molar-refractivity contribution >= 4 is 17.4 Å².